The third-order valence-corrected chi connectivity index (χ3v) is 5.37. The topological polar surface area (TPSA) is 68.8 Å². The van der Waals surface area contributed by atoms with Crippen molar-refractivity contribution < 1.29 is 4.79 Å². The van der Waals surface area contributed by atoms with Crippen molar-refractivity contribution in [3.63, 3.8) is 0 Å². The Kier molecular flexibility index (Phi) is 5.23. The third kappa shape index (κ3) is 3.44. The molecule has 4 rings (SSSR count). The van der Waals surface area contributed by atoms with Crippen molar-refractivity contribution in [1.82, 2.24) is 29.4 Å². The van der Waals surface area contributed by atoms with Gasteiger partial charge in [-0.25, -0.2) is 0 Å². The second kappa shape index (κ2) is 7.96. The molecule has 2 aromatic heterocycles. The highest BCUT2D eigenvalue weighted by atomic mass is 16.2. The highest BCUT2D eigenvalue weighted by molar-refractivity contribution is 5.83. The van der Waals surface area contributed by atoms with Gasteiger partial charge in [0.15, 0.2) is 5.82 Å². The van der Waals surface area contributed by atoms with Crippen LogP contribution < -0.4 is 0 Å². The van der Waals surface area contributed by atoms with Crippen LogP contribution in [-0.2, 0) is 24.4 Å². The summed E-state index contributed by atoms with van der Waals surface area (Å²) in [6.45, 7) is 6.99. The Morgan fingerprint density at radius 2 is 2.04 bits per heavy atom. The minimum Gasteiger partial charge on any atom is -0.338 e. The van der Waals surface area contributed by atoms with Crippen LogP contribution in [0.4, 0.5) is 0 Å². The molecule has 146 valence electrons. The van der Waals surface area contributed by atoms with Crippen molar-refractivity contribution in [2.45, 2.75) is 52.2 Å². The molecule has 1 amide bonds. The summed E-state index contributed by atoms with van der Waals surface area (Å²) in [6, 6.07) is 10.1. The molecule has 1 aromatic carbocycles. The molecular weight excluding hydrogens is 352 g/mol. The summed E-state index contributed by atoms with van der Waals surface area (Å²) in [5.41, 5.74) is 2.09. The summed E-state index contributed by atoms with van der Waals surface area (Å²) < 4.78 is 4.00. The lowest BCUT2D eigenvalue weighted by Crippen LogP contribution is -2.37. The molecule has 1 aliphatic heterocycles. The fourth-order valence-electron chi connectivity index (χ4n) is 3.86. The van der Waals surface area contributed by atoms with Gasteiger partial charge in [-0.2, -0.15) is 5.10 Å². The molecule has 1 atom stereocenters. The molecule has 0 radical (unpaired) electrons. The van der Waals surface area contributed by atoms with Gasteiger partial charge in [-0.1, -0.05) is 30.3 Å². The second-order valence-corrected chi connectivity index (χ2v) is 7.15. The smallest absolute Gasteiger partial charge is 0.233 e. The molecule has 7 nitrogen and oxygen atoms in total. The van der Waals surface area contributed by atoms with Crippen LogP contribution in [0, 0.1) is 0 Å². The maximum atomic E-state index is 13.3. The van der Waals surface area contributed by atoms with Crippen LogP contribution in [0.3, 0.4) is 0 Å². The van der Waals surface area contributed by atoms with Crippen molar-refractivity contribution in [3.8, 4) is 11.4 Å². The predicted octanol–water partition coefficient (Wildman–Crippen LogP) is 3.09. The Bertz CT molecular complexity index is 945. The number of aryl methyl sites for hydroxylation is 1. The average molecular weight is 378 g/mol. The van der Waals surface area contributed by atoms with E-state index >= 15 is 0 Å². The minimum atomic E-state index is -0.236. The number of benzene rings is 1. The first-order chi connectivity index (χ1) is 13.7. The number of carbonyl (C=O) groups is 1. The molecule has 3 heterocycles. The summed E-state index contributed by atoms with van der Waals surface area (Å²) >= 11 is 0. The molecule has 1 aliphatic rings. The lowest BCUT2D eigenvalue weighted by Gasteiger charge is -2.28. The van der Waals surface area contributed by atoms with Crippen LogP contribution in [0.15, 0.2) is 42.7 Å². The van der Waals surface area contributed by atoms with Crippen molar-refractivity contribution in [2.24, 2.45) is 0 Å². The molecule has 0 fully saturated rings. The third-order valence-electron chi connectivity index (χ3n) is 5.37. The lowest BCUT2D eigenvalue weighted by atomic mass is 9.96. The van der Waals surface area contributed by atoms with Gasteiger partial charge < -0.3 is 9.47 Å². The van der Waals surface area contributed by atoms with Gasteiger partial charge in [-0.05, 0) is 26.7 Å². The van der Waals surface area contributed by atoms with Crippen LogP contribution in [0.5, 0.6) is 0 Å². The lowest BCUT2D eigenvalue weighted by molar-refractivity contribution is -0.134. The first-order valence-corrected chi connectivity index (χ1v) is 9.99. The van der Waals surface area contributed by atoms with Gasteiger partial charge in [-0.3, -0.25) is 9.48 Å². The summed E-state index contributed by atoms with van der Waals surface area (Å²) in [6.07, 6.45) is 5.62. The number of rotatable bonds is 6. The van der Waals surface area contributed by atoms with E-state index in [4.69, 9.17) is 0 Å². The number of hydrogen-bond acceptors (Lipinski definition) is 4. The number of amides is 1. The van der Waals surface area contributed by atoms with E-state index < -0.39 is 0 Å². The SMILES string of the molecule is CCN(Cc1cnn(CC)c1)C(=O)C1CCCn2c(-c3ccccc3)nnc21. The molecule has 0 saturated heterocycles. The predicted molar refractivity (Wildman–Crippen MR) is 106 cm³/mol. The number of carbonyl (C=O) groups excluding carboxylic acids is 1. The molecule has 1 unspecified atom stereocenters. The van der Waals surface area contributed by atoms with Gasteiger partial charge in [0.2, 0.25) is 5.91 Å². The summed E-state index contributed by atoms with van der Waals surface area (Å²) in [5, 5.41) is 13.2. The fraction of sp³-hybridized carbons (Fsp3) is 0.429. The normalized spacial score (nSPS) is 16.0. The van der Waals surface area contributed by atoms with E-state index in [2.05, 4.69) is 26.8 Å². The fourth-order valence-corrected chi connectivity index (χ4v) is 3.86. The summed E-state index contributed by atoms with van der Waals surface area (Å²) in [4.78, 5) is 15.2. The molecular formula is C21H26N6O. The summed E-state index contributed by atoms with van der Waals surface area (Å²) in [5.74, 6) is 1.53. The van der Waals surface area contributed by atoms with E-state index in [1.807, 2.05) is 59.2 Å². The van der Waals surface area contributed by atoms with Gasteiger partial charge >= 0.3 is 0 Å². The number of likely N-dealkylation sites (N-methyl/N-ethyl adjacent to an activating group) is 1. The molecule has 7 heteroatoms. The van der Waals surface area contributed by atoms with Crippen LogP contribution >= 0.6 is 0 Å². The summed E-state index contributed by atoms with van der Waals surface area (Å²) in [7, 11) is 0. The van der Waals surface area contributed by atoms with Crippen molar-refractivity contribution in [1.29, 1.82) is 0 Å². The van der Waals surface area contributed by atoms with Crippen molar-refractivity contribution >= 4 is 5.91 Å². The second-order valence-electron chi connectivity index (χ2n) is 7.15. The first kappa shape index (κ1) is 18.4. The van der Waals surface area contributed by atoms with Crippen LogP contribution in [0.1, 0.15) is 44.0 Å². The van der Waals surface area contributed by atoms with E-state index in [9.17, 15) is 4.79 Å². The van der Waals surface area contributed by atoms with E-state index in [0.717, 1.165) is 48.7 Å². The molecule has 0 bridgehead atoms. The number of fused-ring (bicyclic) bond motifs is 1. The maximum Gasteiger partial charge on any atom is 0.233 e. The van der Waals surface area contributed by atoms with Crippen LogP contribution in [0.2, 0.25) is 0 Å². The highest BCUT2D eigenvalue weighted by Gasteiger charge is 2.33. The number of aromatic nitrogens is 5. The molecule has 0 aliphatic carbocycles. The van der Waals surface area contributed by atoms with Gasteiger partial charge in [0, 0.05) is 43.5 Å². The van der Waals surface area contributed by atoms with Crippen molar-refractivity contribution in [3.05, 3.63) is 54.1 Å². The molecule has 0 saturated carbocycles. The monoisotopic (exact) mass is 378 g/mol. The Morgan fingerprint density at radius 1 is 1.21 bits per heavy atom. The van der Waals surface area contributed by atoms with Gasteiger partial charge in [0.25, 0.3) is 0 Å². The standard InChI is InChI=1S/C21H26N6O/c1-3-25(14-16-13-22-26(4-2)15-16)21(28)18-11-8-12-27-19(23-24-20(18)27)17-9-6-5-7-10-17/h5-7,9-10,13,15,18H,3-4,8,11-12,14H2,1-2H3. The Balaban J connectivity index is 1.58. The highest BCUT2D eigenvalue weighted by Crippen LogP contribution is 2.31. The zero-order valence-electron chi connectivity index (χ0n) is 16.5. The molecule has 0 N–H and O–H groups in total. The largest absolute Gasteiger partial charge is 0.338 e. The van der Waals surface area contributed by atoms with Gasteiger partial charge in [-0.15, -0.1) is 10.2 Å². The van der Waals surface area contributed by atoms with E-state index in [1.54, 1.807) is 0 Å². The Hall–Kier alpha value is -2.96. The Labute approximate surface area is 165 Å². The quantitative estimate of drug-likeness (QED) is 0.661. The van der Waals surface area contributed by atoms with Crippen LogP contribution in [0.25, 0.3) is 11.4 Å². The number of nitrogens with zero attached hydrogens (tertiary/aromatic N) is 6. The average Bonchev–Trinajstić information content (AvgIpc) is 3.38. The van der Waals surface area contributed by atoms with E-state index in [0.29, 0.717) is 13.1 Å². The van der Waals surface area contributed by atoms with E-state index in [-0.39, 0.29) is 11.8 Å². The maximum absolute atomic E-state index is 13.3. The van der Waals surface area contributed by atoms with Gasteiger partial charge in [0.05, 0.1) is 12.1 Å². The molecule has 28 heavy (non-hydrogen) atoms. The zero-order valence-corrected chi connectivity index (χ0v) is 16.5. The minimum absolute atomic E-state index is 0.125. The molecule has 0 spiro atoms. The number of hydrogen-bond donors (Lipinski definition) is 0. The zero-order chi connectivity index (χ0) is 19.5. The van der Waals surface area contributed by atoms with E-state index in [1.165, 1.54) is 0 Å². The molecule has 3 aromatic rings. The Morgan fingerprint density at radius 3 is 2.75 bits per heavy atom. The first-order valence-electron chi connectivity index (χ1n) is 9.99. The van der Waals surface area contributed by atoms with Crippen LogP contribution in [-0.4, -0.2) is 41.9 Å². The van der Waals surface area contributed by atoms with Crippen molar-refractivity contribution in [2.75, 3.05) is 6.54 Å². The van der Waals surface area contributed by atoms with Gasteiger partial charge in [0.1, 0.15) is 5.82 Å².